The second kappa shape index (κ2) is 11.7. The van der Waals surface area contributed by atoms with E-state index < -0.39 is 5.54 Å². The van der Waals surface area contributed by atoms with Crippen LogP contribution in [0.25, 0.3) is 0 Å². The summed E-state index contributed by atoms with van der Waals surface area (Å²) < 4.78 is 5.96. The van der Waals surface area contributed by atoms with Gasteiger partial charge in [-0.2, -0.15) is 5.10 Å². The number of rotatable bonds is 11. The van der Waals surface area contributed by atoms with E-state index in [-0.39, 0.29) is 12.5 Å². The molecule has 0 bridgehead atoms. The molecule has 0 fully saturated rings. The Hall–Kier alpha value is -2.32. The van der Waals surface area contributed by atoms with Gasteiger partial charge >= 0.3 is 0 Å². The third-order valence-corrected chi connectivity index (χ3v) is 5.99. The number of hydrogen-bond acceptors (Lipinski definition) is 6. The average molecular weight is 494 g/mol. The number of aliphatic hydroxyl groups is 1. The molecule has 2 aromatic carbocycles. The van der Waals surface area contributed by atoms with Crippen molar-refractivity contribution in [3.8, 4) is 11.5 Å². The van der Waals surface area contributed by atoms with Gasteiger partial charge in [0.05, 0.1) is 27.9 Å². The van der Waals surface area contributed by atoms with Crippen LogP contribution in [0, 0.1) is 0 Å². The molecule has 1 heterocycles. The van der Waals surface area contributed by atoms with E-state index in [0.717, 1.165) is 11.3 Å². The van der Waals surface area contributed by atoms with Crippen molar-refractivity contribution in [2.24, 2.45) is 5.10 Å². The molecule has 1 amide bonds. The Kier molecular flexibility index (Phi) is 8.97. The van der Waals surface area contributed by atoms with Crippen LogP contribution in [0.5, 0.6) is 11.5 Å². The van der Waals surface area contributed by atoms with Gasteiger partial charge < -0.3 is 14.7 Å². The lowest BCUT2D eigenvalue weighted by atomic mass is 10.0. The number of carbonyl (C=O) groups excluding carboxylic acids is 1. The smallest absolute Gasteiger partial charge is 0.240 e. The van der Waals surface area contributed by atoms with Crippen LogP contribution in [-0.4, -0.2) is 47.1 Å². The van der Waals surface area contributed by atoms with Crippen molar-refractivity contribution in [3.05, 3.63) is 58.1 Å². The van der Waals surface area contributed by atoms with Gasteiger partial charge in [-0.25, -0.2) is 5.43 Å². The molecule has 7 nitrogen and oxygen atoms in total. The zero-order chi connectivity index (χ0) is 23.8. The zero-order valence-electron chi connectivity index (χ0n) is 18.8. The van der Waals surface area contributed by atoms with E-state index in [4.69, 9.17) is 32.8 Å². The number of aliphatic hydroxyl groups excluding tert-OH is 1. The monoisotopic (exact) mass is 493 g/mol. The van der Waals surface area contributed by atoms with Crippen molar-refractivity contribution in [2.45, 2.75) is 45.1 Å². The number of hydrogen-bond donors (Lipinski definition) is 2. The van der Waals surface area contributed by atoms with Crippen LogP contribution in [0.15, 0.2) is 47.6 Å². The van der Waals surface area contributed by atoms with Crippen LogP contribution in [0.4, 0.5) is 0 Å². The van der Waals surface area contributed by atoms with Crippen molar-refractivity contribution >= 4 is 34.8 Å². The standard InChI is InChI=1S/C24H29Cl2N3O4/c1-24(2,29(13-5-14-30)33-22-7-4-3-6-18(22)25)12-15-32-21-10-8-17(16-19(21)26)20-9-11-23(31)28-27-20/h3-4,6-8,10,16,30H,5,9,11-15H2,1-2H3,(H,28,31). The molecule has 1 aliphatic rings. The second-order valence-corrected chi connectivity index (χ2v) is 9.16. The first-order valence-corrected chi connectivity index (χ1v) is 11.6. The lowest BCUT2D eigenvalue weighted by molar-refractivity contribution is -0.139. The molecule has 2 aromatic rings. The minimum absolute atomic E-state index is 0.0614. The number of hydroxylamine groups is 2. The molecule has 9 heteroatoms. The summed E-state index contributed by atoms with van der Waals surface area (Å²) in [5.41, 5.74) is 3.74. The normalized spacial score (nSPS) is 14.1. The SMILES string of the molecule is CC(C)(CCOc1ccc(C2=NNC(=O)CC2)cc1Cl)N(CCCO)Oc1ccccc1Cl. The number of nitrogens with one attached hydrogen (secondary N) is 1. The molecule has 2 N–H and O–H groups in total. The van der Waals surface area contributed by atoms with Crippen LogP contribution in [0.3, 0.4) is 0 Å². The third-order valence-electron chi connectivity index (χ3n) is 5.38. The maximum atomic E-state index is 11.3. The number of para-hydroxylation sites is 1. The summed E-state index contributed by atoms with van der Waals surface area (Å²) in [5, 5.41) is 16.2. The molecule has 0 spiro atoms. The van der Waals surface area contributed by atoms with E-state index in [9.17, 15) is 9.90 Å². The van der Waals surface area contributed by atoms with Gasteiger partial charge in [0.1, 0.15) is 5.75 Å². The Bertz CT molecular complexity index is 997. The number of carbonyl (C=O) groups is 1. The molecular weight excluding hydrogens is 465 g/mol. The highest BCUT2D eigenvalue weighted by Crippen LogP contribution is 2.30. The Balaban J connectivity index is 1.62. The predicted octanol–water partition coefficient (Wildman–Crippen LogP) is 4.83. The molecule has 0 saturated carbocycles. The van der Waals surface area contributed by atoms with E-state index in [1.807, 2.05) is 49.2 Å². The van der Waals surface area contributed by atoms with Crippen LogP contribution in [0.2, 0.25) is 10.0 Å². The lowest BCUT2D eigenvalue weighted by Gasteiger charge is -2.37. The van der Waals surface area contributed by atoms with Crippen molar-refractivity contribution in [1.82, 2.24) is 10.5 Å². The number of benzene rings is 2. The summed E-state index contributed by atoms with van der Waals surface area (Å²) in [7, 11) is 0. The minimum Gasteiger partial charge on any atom is -0.492 e. The van der Waals surface area contributed by atoms with Gasteiger partial charge in [-0.1, -0.05) is 35.3 Å². The molecular formula is C24H29Cl2N3O4. The predicted molar refractivity (Wildman–Crippen MR) is 130 cm³/mol. The third kappa shape index (κ3) is 7.08. The first-order valence-electron chi connectivity index (χ1n) is 10.9. The summed E-state index contributed by atoms with van der Waals surface area (Å²) >= 11 is 12.7. The Morgan fingerprint density at radius 3 is 2.58 bits per heavy atom. The van der Waals surface area contributed by atoms with E-state index in [1.165, 1.54) is 0 Å². The van der Waals surface area contributed by atoms with Gasteiger partial charge in [-0.05, 0) is 56.2 Å². The van der Waals surface area contributed by atoms with Gasteiger partial charge in [0, 0.05) is 32.4 Å². The molecule has 1 aliphatic heterocycles. The molecule has 0 atom stereocenters. The molecule has 0 aromatic heterocycles. The Morgan fingerprint density at radius 2 is 1.91 bits per heavy atom. The number of hydrazone groups is 1. The number of amides is 1. The fourth-order valence-electron chi connectivity index (χ4n) is 3.34. The van der Waals surface area contributed by atoms with Crippen LogP contribution in [0.1, 0.15) is 45.1 Å². The van der Waals surface area contributed by atoms with E-state index in [2.05, 4.69) is 10.5 Å². The topological polar surface area (TPSA) is 83.4 Å². The highest BCUT2D eigenvalue weighted by Gasteiger charge is 2.29. The number of ether oxygens (including phenoxy) is 1. The highest BCUT2D eigenvalue weighted by atomic mass is 35.5. The quantitative estimate of drug-likeness (QED) is 0.437. The summed E-state index contributed by atoms with van der Waals surface area (Å²) in [6.45, 7) is 5.09. The fraction of sp³-hybridized carbons (Fsp3) is 0.417. The summed E-state index contributed by atoms with van der Waals surface area (Å²) in [4.78, 5) is 17.4. The zero-order valence-corrected chi connectivity index (χ0v) is 20.3. The molecule has 3 rings (SSSR count). The van der Waals surface area contributed by atoms with Gasteiger partial charge in [0.2, 0.25) is 5.91 Å². The largest absolute Gasteiger partial charge is 0.492 e. The van der Waals surface area contributed by atoms with Crippen LogP contribution >= 0.6 is 23.2 Å². The van der Waals surface area contributed by atoms with Crippen molar-refractivity contribution < 1.29 is 19.5 Å². The highest BCUT2D eigenvalue weighted by molar-refractivity contribution is 6.32. The van der Waals surface area contributed by atoms with Crippen molar-refractivity contribution in [1.29, 1.82) is 0 Å². The molecule has 178 valence electrons. The van der Waals surface area contributed by atoms with Crippen molar-refractivity contribution in [3.63, 3.8) is 0 Å². The van der Waals surface area contributed by atoms with E-state index >= 15 is 0 Å². The van der Waals surface area contributed by atoms with E-state index in [0.29, 0.717) is 60.4 Å². The minimum atomic E-state index is -0.407. The molecule has 0 saturated heterocycles. The van der Waals surface area contributed by atoms with Crippen LogP contribution < -0.4 is 15.0 Å². The summed E-state index contributed by atoms with van der Waals surface area (Å²) in [6.07, 6.45) is 2.19. The van der Waals surface area contributed by atoms with E-state index in [1.54, 1.807) is 12.1 Å². The first kappa shape index (κ1) is 25.3. The Labute approximate surface area is 204 Å². The van der Waals surface area contributed by atoms with Crippen molar-refractivity contribution in [2.75, 3.05) is 19.8 Å². The Morgan fingerprint density at radius 1 is 1.12 bits per heavy atom. The maximum absolute atomic E-state index is 11.3. The average Bonchev–Trinajstić information content (AvgIpc) is 2.79. The van der Waals surface area contributed by atoms with Gasteiger partial charge in [0.15, 0.2) is 5.75 Å². The maximum Gasteiger partial charge on any atom is 0.240 e. The molecule has 33 heavy (non-hydrogen) atoms. The van der Waals surface area contributed by atoms with Crippen LogP contribution in [-0.2, 0) is 4.79 Å². The first-order chi connectivity index (χ1) is 15.8. The van der Waals surface area contributed by atoms with Gasteiger partial charge in [0.25, 0.3) is 0 Å². The summed E-state index contributed by atoms with van der Waals surface area (Å²) in [5.74, 6) is 1.05. The fourth-order valence-corrected chi connectivity index (χ4v) is 3.74. The molecule has 0 unspecified atom stereocenters. The van der Waals surface area contributed by atoms with Gasteiger partial charge in [-0.15, -0.1) is 5.06 Å². The number of nitrogens with zero attached hydrogens (tertiary/aromatic N) is 2. The molecule has 0 radical (unpaired) electrons. The molecule has 0 aliphatic carbocycles. The second-order valence-electron chi connectivity index (χ2n) is 8.35. The summed E-state index contributed by atoms with van der Waals surface area (Å²) in [6, 6.07) is 12.8. The number of halogens is 2. The lowest BCUT2D eigenvalue weighted by Crippen LogP contribution is -2.47. The van der Waals surface area contributed by atoms with Gasteiger partial charge in [-0.3, -0.25) is 4.79 Å².